The van der Waals surface area contributed by atoms with Gasteiger partial charge in [0.25, 0.3) is 0 Å². The van der Waals surface area contributed by atoms with E-state index in [4.69, 9.17) is 9.15 Å². The van der Waals surface area contributed by atoms with Crippen molar-refractivity contribution in [2.75, 3.05) is 11.9 Å². The van der Waals surface area contributed by atoms with Gasteiger partial charge in [0.15, 0.2) is 0 Å². The van der Waals surface area contributed by atoms with Crippen molar-refractivity contribution in [1.29, 1.82) is 0 Å². The van der Waals surface area contributed by atoms with Crippen molar-refractivity contribution in [3.8, 4) is 5.75 Å². The highest BCUT2D eigenvalue weighted by atomic mass is 16.5. The summed E-state index contributed by atoms with van der Waals surface area (Å²) in [6, 6.07) is 20.8. The van der Waals surface area contributed by atoms with Gasteiger partial charge >= 0.3 is 0 Å². The Kier molecular flexibility index (Phi) is 5.61. The van der Waals surface area contributed by atoms with E-state index in [1.54, 1.807) is 29.4 Å². The molecule has 1 aromatic heterocycles. The Morgan fingerprint density at radius 2 is 1.86 bits per heavy atom. The third-order valence-electron chi connectivity index (χ3n) is 4.88. The van der Waals surface area contributed by atoms with Gasteiger partial charge in [0.05, 0.1) is 18.7 Å². The number of hydrogen-bond acceptors (Lipinski definition) is 4. The first kappa shape index (κ1) is 18.8. The zero-order chi connectivity index (χ0) is 20.1. The van der Waals surface area contributed by atoms with Gasteiger partial charge in [-0.3, -0.25) is 9.59 Å². The molecule has 0 spiro atoms. The van der Waals surface area contributed by atoms with Crippen LogP contribution in [0.3, 0.4) is 0 Å². The number of ether oxygens (including phenoxy) is 1. The van der Waals surface area contributed by atoms with Gasteiger partial charge in [-0.05, 0) is 42.0 Å². The first-order valence-electron chi connectivity index (χ1n) is 9.55. The molecule has 2 amide bonds. The summed E-state index contributed by atoms with van der Waals surface area (Å²) in [4.78, 5) is 26.4. The standard InChI is InChI=1S/C23H22N2O4/c26-22-13-18(14-25(22)15-21-7-4-12-28-21)23(27)24-19-8-10-20(11-9-19)29-16-17-5-2-1-3-6-17/h1-12,18H,13-16H2,(H,24,27)/t18-/m1/s1. The average Bonchev–Trinajstić information content (AvgIpc) is 3.39. The molecule has 1 N–H and O–H groups in total. The molecule has 2 aromatic carbocycles. The van der Waals surface area contributed by atoms with Crippen molar-refractivity contribution in [1.82, 2.24) is 4.90 Å². The minimum Gasteiger partial charge on any atom is -0.489 e. The zero-order valence-corrected chi connectivity index (χ0v) is 15.9. The van der Waals surface area contributed by atoms with E-state index in [0.717, 1.165) is 11.3 Å². The van der Waals surface area contributed by atoms with Crippen molar-refractivity contribution in [2.24, 2.45) is 5.92 Å². The second-order valence-corrected chi connectivity index (χ2v) is 7.04. The molecule has 1 atom stereocenters. The Labute approximate surface area is 169 Å². The fourth-order valence-corrected chi connectivity index (χ4v) is 3.31. The van der Waals surface area contributed by atoms with Crippen molar-refractivity contribution < 1.29 is 18.7 Å². The quantitative estimate of drug-likeness (QED) is 0.665. The average molecular weight is 390 g/mol. The van der Waals surface area contributed by atoms with Crippen molar-refractivity contribution >= 4 is 17.5 Å². The fraction of sp³-hybridized carbons (Fsp3) is 0.217. The maximum absolute atomic E-state index is 12.6. The van der Waals surface area contributed by atoms with Crippen LogP contribution in [0.15, 0.2) is 77.4 Å². The highest BCUT2D eigenvalue weighted by Gasteiger charge is 2.34. The molecule has 0 bridgehead atoms. The molecule has 0 saturated carbocycles. The Morgan fingerprint density at radius 3 is 2.59 bits per heavy atom. The van der Waals surface area contributed by atoms with Gasteiger partial charge < -0.3 is 19.4 Å². The lowest BCUT2D eigenvalue weighted by atomic mass is 10.1. The molecule has 0 unspecified atom stereocenters. The molecule has 6 nitrogen and oxygen atoms in total. The van der Waals surface area contributed by atoms with Crippen LogP contribution in [0.25, 0.3) is 0 Å². The minimum atomic E-state index is -0.369. The number of nitrogens with one attached hydrogen (secondary N) is 1. The number of benzene rings is 2. The summed E-state index contributed by atoms with van der Waals surface area (Å²) >= 11 is 0. The third kappa shape index (κ3) is 4.85. The lowest BCUT2D eigenvalue weighted by Crippen LogP contribution is -2.27. The van der Waals surface area contributed by atoms with Crippen LogP contribution in [0.1, 0.15) is 17.7 Å². The van der Waals surface area contributed by atoms with Crippen LogP contribution in [-0.2, 0) is 22.7 Å². The van der Waals surface area contributed by atoms with E-state index >= 15 is 0 Å². The van der Waals surface area contributed by atoms with Crippen molar-refractivity contribution in [3.05, 3.63) is 84.3 Å². The molecule has 1 fully saturated rings. The minimum absolute atomic E-state index is 0.0359. The van der Waals surface area contributed by atoms with Crippen LogP contribution >= 0.6 is 0 Å². The molecule has 1 aliphatic rings. The SMILES string of the molecule is O=C(Nc1ccc(OCc2ccccc2)cc1)[C@@H]1CC(=O)N(Cc2ccco2)C1. The van der Waals surface area contributed by atoms with E-state index < -0.39 is 0 Å². The maximum atomic E-state index is 12.6. The van der Waals surface area contributed by atoms with Crippen LogP contribution in [-0.4, -0.2) is 23.3 Å². The van der Waals surface area contributed by atoms with Crippen LogP contribution in [0.5, 0.6) is 5.75 Å². The maximum Gasteiger partial charge on any atom is 0.229 e. The second-order valence-electron chi connectivity index (χ2n) is 7.04. The highest BCUT2D eigenvalue weighted by molar-refractivity contribution is 5.97. The number of nitrogens with zero attached hydrogens (tertiary/aromatic N) is 1. The second kappa shape index (κ2) is 8.65. The molecule has 148 valence electrons. The predicted octanol–water partition coefficient (Wildman–Crippen LogP) is 3.85. The lowest BCUT2D eigenvalue weighted by Gasteiger charge is -2.15. The number of hydrogen-bond donors (Lipinski definition) is 1. The molecule has 3 aromatic rings. The summed E-state index contributed by atoms with van der Waals surface area (Å²) in [5.41, 5.74) is 1.77. The summed E-state index contributed by atoms with van der Waals surface area (Å²) in [5, 5.41) is 2.89. The molecular formula is C23H22N2O4. The molecule has 1 aliphatic heterocycles. The zero-order valence-electron chi connectivity index (χ0n) is 15.9. The van der Waals surface area contributed by atoms with Crippen LogP contribution in [0.2, 0.25) is 0 Å². The van der Waals surface area contributed by atoms with Gasteiger partial charge in [-0.25, -0.2) is 0 Å². The van der Waals surface area contributed by atoms with Crippen LogP contribution in [0, 0.1) is 5.92 Å². The summed E-state index contributed by atoms with van der Waals surface area (Å²) < 4.78 is 11.0. The number of amides is 2. The Hall–Kier alpha value is -3.54. The fourth-order valence-electron chi connectivity index (χ4n) is 3.31. The van der Waals surface area contributed by atoms with Gasteiger partial charge in [-0.15, -0.1) is 0 Å². The molecule has 1 saturated heterocycles. The van der Waals surface area contributed by atoms with E-state index in [9.17, 15) is 9.59 Å². The molecule has 0 radical (unpaired) electrons. The molecule has 4 rings (SSSR count). The predicted molar refractivity (Wildman–Crippen MR) is 108 cm³/mol. The molecule has 0 aliphatic carbocycles. The Bertz CT molecular complexity index is 952. The van der Waals surface area contributed by atoms with Crippen molar-refractivity contribution in [2.45, 2.75) is 19.6 Å². The van der Waals surface area contributed by atoms with Gasteiger partial charge in [0.2, 0.25) is 11.8 Å². The number of carbonyl (C=O) groups excluding carboxylic acids is 2. The van der Waals surface area contributed by atoms with Crippen molar-refractivity contribution in [3.63, 3.8) is 0 Å². The first-order chi connectivity index (χ1) is 14.2. The monoisotopic (exact) mass is 390 g/mol. The molecule has 29 heavy (non-hydrogen) atoms. The van der Waals surface area contributed by atoms with Gasteiger partial charge in [0, 0.05) is 18.7 Å². The summed E-state index contributed by atoms with van der Waals surface area (Å²) in [7, 11) is 0. The van der Waals surface area contributed by atoms with Crippen LogP contribution in [0.4, 0.5) is 5.69 Å². The summed E-state index contributed by atoms with van der Waals surface area (Å²) in [6.45, 7) is 1.27. The molecule has 2 heterocycles. The Balaban J connectivity index is 1.28. The smallest absolute Gasteiger partial charge is 0.229 e. The number of likely N-dealkylation sites (tertiary alicyclic amines) is 1. The highest BCUT2D eigenvalue weighted by Crippen LogP contribution is 2.23. The lowest BCUT2D eigenvalue weighted by molar-refractivity contribution is -0.128. The molecule has 6 heteroatoms. The Morgan fingerprint density at radius 1 is 1.07 bits per heavy atom. The number of carbonyl (C=O) groups is 2. The normalized spacial score (nSPS) is 16.1. The van der Waals surface area contributed by atoms with E-state index in [0.29, 0.717) is 31.1 Å². The largest absolute Gasteiger partial charge is 0.489 e. The van der Waals surface area contributed by atoms with E-state index in [2.05, 4.69) is 5.32 Å². The summed E-state index contributed by atoms with van der Waals surface area (Å²) in [5.74, 6) is 0.883. The van der Waals surface area contributed by atoms with E-state index in [-0.39, 0.29) is 24.2 Å². The third-order valence-corrected chi connectivity index (χ3v) is 4.88. The number of furan rings is 1. The van der Waals surface area contributed by atoms with Crippen LogP contribution < -0.4 is 10.1 Å². The van der Waals surface area contributed by atoms with Gasteiger partial charge in [-0.2, -0.15) is 0 Å². The topological polar surface area (TPSA) is 71.8 Å². The molecular weight excluding hydrogens is 368 g/mol. The number of anilines is 1. The van der Waals surface area contributed by atoms with Gasteiger partial charge in [-0.1, -0.05) is 30.3 Å². The van der Waals surface area contributed by atoms with E-state index in [1.165, 1.54) is 0 Å². The first-order valence-corrected chi connectivity index (χ1v) is 9.55. The summed E-state index contributed by atoms with van der Waals surface area (Å²) in [6.07, 6.45) is 1.79. The van der Waals surface area contributed by atoms with E-state index in [1.807, 2.05) is 48.5 Å². The number of rotatable bonds is 7. The van der Waals surface area contributed by atoms with Gasteiger partial charge in [0.1, 0.15) is 18.1 Å².